The first-order chi connectivity index (χ1) is 10.7. The number of benzene rings is 1. The minimum Gasteiger partial charge on any atom is -0.512 e. The van der Waals surface area contributed by atoms with Gasteiger partial charge in [0, 0.05) is 18.1 Å². The minimum absolute atomic E-state index is 0.0390. The number of rotatable bonds is 4. The standard InChI is InChI=1S/C15H18NO6P/c1-9(10-3-2-4-11(17)6-10)5-13-14(16-23(20,21)22)7-12(18)8-15(13)19/h2-4,6,8-9,17-19H,5,7H2,1H3,(H2,20,21,22). The van der Waals surface area contributed by atoms with Crippen LogP contribution in [0.3, 0.4) is 0 Å². The van der Waals surface area contributed by atoms with Gasteiger partial charge in [0.2, 0.25) is 0 Å². The lowest BCUT2D eigenvalue weighted by Crippen LogP contribution is -2.14. The van der Waals surface area contributed by atoms with Crippen LogP contribution in [0.5, 0.6) is 5.75 Å². The molecule has 1 aliphatic rings. The molecule has 2 rings (SSSR count). The zero-order valence-electron chi connectivity index (χ0n) is 12.4. The molecule has 0 aromatic heterocycles. The second-order valence-electron chi connectivity index (χ2n) is 5.44. The Hall–Kier alpha value is -2.08. The Morgan fingerprint density at radius 3 is 2.57 bits per heavy atom. The Balaban J connectivity index is 2.35. The van der Waals surface area contributed by atoms with Gasteiger partial charge in [-0.2, -0.15) is 4.76 Å². The molecule has 0 heterocycles. The number of phenolic OH excluding ortho intramolecular Hbond substituents is 1. The van der Waals surface area contributed by atoms with Crippen molar-refractivity contribution in [3.8, 4) is 5.75 Å². The number of phenols is 1. The normalized spacial score (nSPS) is 18.9. The fourth-order valence-electron chi connectivity index (χ4n) is 2.45. The second-order valence-corrected chi connectivity index (χ2v) is 6.66. The number of aromatic hydroxyl groups is 1. The summed E-state index contributed by atoms with van der Waals surface area (Å²) in [4.78, 5) is 18.1. The van der Waals surface area contributed by atoms with Gasteiger partial charge in [-0.15, -0.1) is 0 Å². The number of hydrogen-bond acceptors (Lipinski definition) is 4. The monoisotopic (exact) mass is 339 g/mol. The molecule has 0 bridgehead atoms. The van der Waals surface area contributed by atoms with E-state index in [1.807, 2.05) is 6.92 Å². The van der Waals surface area contributed by atoms with Crippen molar-refractivity contribution in [2.24, 2.45) is 4.76 Å². The van der Waals surface area contributed by atoms with Gasteiger partial charge in [-0.3, -0.25) is 0 Å². The first kappa shape index (κ1) is 17.3. The molecule has 0 amide bonds. The van der Waals surface area contributed by atoms with Crippen LogP contribution in [-0.2, 0) is 4.57 Å². The van der Waals surface area contributed by atoms with Gasteiger partial charge in [0.15, 0.2) is 0 Å². The summed E-state index contributed by atoms with van der Waals surface area (Å²) < 4.78 is 14.5. The summed E-state index contributed by atoms with van der Waals surface area (Å²) in [5.41, 5.74) is 1.03. The number of aliphatic hydroxyl groups is 2. The van der Waals surface area contributed by atoms with Crippen molar-refractivity contribution < 1.29 is 29.7 Å². The Kier molecular flexibility index (Phi) is 4.94. The fourth-order valence-corrected chi connectivity index (χ4v) is 2.96. The highest BCUT2D eigenvalue weighted by molar-refractivity contribution is 7.50. The predicted molar refractivity (Wildman–Crippen MR) is 85.6 cm³/mol. The zero-order chi connectivity index (χ0) is 17.2. The van der Waals surface area contributed by atoms with Crippen molar-refractivity contribution in [1.82, 2.24) is 0 Å². The molecule has 0 fully saturated rings. The van der Waals surface area contributed by atoms with Crippen molar-refractivity contribution >= 4 is 13.5 Å². The summed E-state index contributed by atoms with van der Waals surface area (Å²) in [6, 6.07) is 6.61. The van der Waals surface area contributed by atoms with Crippen LogP contribution in [0.2, 0.25) is 0 Å². The van der Waals surface area contributed by atoms with E-state index in [1.54, 1.807) is 18.2 Å². The van der Waals surface area contributed by atoms with Crippen molar-refractivity contribution in [2.75, 3.05) is 0 Å². The Morgan fingerprint density at radius 1 is 1.26 bits per heavy atom. The fraction of sp³-hybridized carbons (Fsp3) is 0.267. The zero-order valence-corrected chi connectivity index (χ0v) is 13.3. The number of hydrogen-bond donors (Lipinski definition) is 5. The van der Waals surface area contributed by atoms with E-state index in [1.165, 1.54) is 6.07 Å². The van der Waals surface area contributed by atoms with Crippen LogP contribution >= 0.6 is 7.75 Å². The first-order valence-electron chi connectivity index (χ1n) is 6.91. The highest BCUT2D eigenvalue weighted by Crippen LogP contribution is 2.40. The summed E-state index contributed by atoms with van der Waals surface area (Å²) in [7, 11) is -4.68. The SMILES string of the molecule is CC(CC1=C(O)C=C(O)CC1=NP(=O)(O)O)c1cccc(O)c1. The summed E-state index contributed by atoms with van der Waals surface area (Å²) >= 11 is 0. The van der Waals surface area contributed by atoms with Gasteiger partial charge >= 0.3 is 7.75 Å². The van der Waals surface area contributed by atoms with Crippen LogP contribution in [-0.4, -0.2) is 30.8 Å². The molecule has 8 heteroatoms. The molecule has 0 radical (unpaired) electrons. The number of aliphatic hydroxyl groups excluding tert-OH is 2. The predicted octanol–water partition coefficient (Wildman–Crippen LogP) is 3.08. The third-order valence-corrected chi connectivity index (χ3v) is 4.01. The molecule has 0 saturated carbocycles. The molecular formula is C15H18NO6P. The van der Waals surface area contributed by atoms with E-state index in [0.717, 1.165) is 11.6 Å². The molecule has 5 N–H and O–H groups in total. The lowest BCUT2D eigenvalue weighted by atomic mass is 9.88. The molecule has 1 unspecified atom stereocenters. The van der Waals surface area contributed by atoms with E-state index in [4.69, 9.17) is 9.79 Å². The summed E-state index contributed by atoms with van der Waals surface area (Å²) in [6.07, 6.45) is 1.23. The van der Waals surface area contributed by atoms with E-state index in [-0.39, 0.29) is 47.3 Å². The van der Waals surface area contributed by atoms with Gasteiger partial charge in [-0.1, -0.05) is 19.1 Å². The average molecular weight is 339 g/mol. The van der Waals surface area contributed by atoms with Crippen LogP contribution < -0.4 is 0 Å². The van der Waals surface area contributed by atoms with Gasteiger partial charge in [-0.25, -0.2) is 4.57 Å². The first-order valence-corrected chi connectivity index (χ1v) is 8.48. The Labute approximate surface area is 133 Å². The van der Waals surface area contributed by atoms with Crippen LogP contribution in [0.25, 0.3) is 0 Å². The molecule has 0 saturated heterocycles. The third kappa shape index (κ3) is 4.69. The maximum absolute atomic E-state index is 11.1. The minimum atomic E-state index is -4.68. The molecule has 0 spiro atoms. The summed E-state index contributed by atoms with van der Waals surface area (Å²) in [6.45, 7) is 1.85. The van der Waals surface area contributed by atoms with Gasteiger partial charge < -0.3 is 25.1 Å². The van der Waals surface area contributed by atoms with Crippen LogP contribution in [0, 0.1) is 0 Å². The van der Waals surface area contributed by atoms with Gasteiger partial charge in [0.05, 0.1) is 5.71 Å². The van der Waals surface area contributed by atoms with E-state index in [2.05, 4.69) is 4.76 Å². The Morgan fingerprint density at radius 2 is 1.96 bits per heavy atom. The van der Waals surface area contributed by atoms with E-state index in [9.17, 15) is 19.9 Å². The van der Waals surface area contributed by atoms with E-state index in [0.29, 0.717) is 0 Å². The van der Waals surface area contributed by atoms with Crippen LogP contribution in [0.15, 0.2) is 52.2 Å². The molecule has 124 valence electrons. The highest BCUT2D eigenvalue weighted by atomic mass is 31.2. The number of allylic oxidation sites excluding steroid dienone is 3. The summed E-state index contributed by atoms with van der Waals surface area (Å²) in [5, 5.41) is 29.1. The average Bonchev–Trinajstić information content (AvgIpc) is 2.40. The summed E-state index contributed by atoms with van der Waals surface area (Å²) in [5.74, 6) is -0.524. The molecule has 1 atom stereocenters. The highest BCUT2D eigenvalue weighted by Gasteiger charge is 2.25. The largest absolute Gasteiger partial charge is 0.512 e. The van der Waals surface area contributed by atoms with Crippen molar-refractivity contribution in [1.29, 1.82) is 0 Å². The molecule has 1 aliphatic carbocycles. The smallest absolute Gasteiger partial charge is 0.448 e. The van der Waals surface area contributed by atoms with Crippen molar-refractivity contribution in [3.63, 3.8) is 0 Å². The third-order valence-electron chi connectivity index (χ3n) is 3.51. The van der Waals surface area contributed by atoms with Crippen LogP contribution in [0.1, 0.15) is 31.2 Å². The van der Waals surface area contributed by atoms with Crippen molar-refractivity contribution in [3.05, 3.63) is 53.0 Å². The molecular weight excluding hydrogens is 321 g/mol. The molecule has 0 aliphatic heterocycles. The van der Waals surface area contributed by atoms with Gasteiger partial charge in [-0.05, 0) is 30.0 Å². The van der Waals surface area contributed by atoms with Crippen molar-refractivity contribution in [2.45, 2.75) is 25.7 Å². The quantitative estimate of drug-likeness (QED) is 0.536. The lowest BCUT2D eigenvalue weighted by molar-refractivity contribution is 0.373. The van der Waals surface area contributed by atoms with E-state index >= 15 is 0 Å². The second kappa shape index (κ2) is 6.58. The number of nitrogens with zero attached hydrogens (tertiary/aromatic N) is 1. The lowest BCUT2D eigenvalue weighted by Gasteiger charge is -2.20. The molecule has 7 nitrogen and oxygen atoms in total. The maximum atomic E-state index is 11.1. The van der Waals surface area contributed by atoms with E-state index < -0.39 is 7.75 Å². The molecule has 23 heavy (non-hydrogen) atoms. The molecule has 1 aromatic rings. The molecule has 1 aromatic carbocycles. The van der Waals surface area contributed by atoms with Gasteiger partial charge in [0.25, 0.3) is 0 Å². The van der Waals surface area contributed by atoms with Crippen LogP contribution in [0.4, 0.5) is 0 Å². The van der Waals surface area contributed by atoms with Gasteiger partial charge in [0.1, 0.15) is 17.3 Å². The Bertz CT molecular complexity index is 746. The topological polar surface area (TPSA) is 131 Å². The maximum Gasteiger partial charge on any atom is 0.448 e.